The number of rotatable bonds is 4. The number of hydrogen-bond donors (Lipinski definition) is 1. The summed E-state index contributed by atoms with van der Waals surface area (Å²) in [6.07, 6.45) is 0. The Hall–Kier alpha value is -2.08. The first-order valence-electron chi connectivity index (χ1n) is 5.42. The predicted octanol–water partition coefficient (Wildman–Crippen LogP) is 0.992. The number of hydrogen-bond acceptors (Lipinski definition) is 5. The van der Waals surface area contributed by atoms with Crippen LogP contribution in [0.5, 0.6) is 11.5 Å². The number of methoxy groups -OCH3 is 2. The van der Waals surface area contributed by atoms with Crippen molar-refractivity contribution in [3.05, 3.63) is 23.9 Å². The molecule has 0 saturated heterocycles. The van der Waals surface area contributed by atoms with Crippen LogP contribution in [0.4, 0.5) is 0 Å². The minimum absolute atomic E-state index is 0.164. The van der Waals surface area contributed by atoms with Crippen LogP contribution in [0, 0.1) is 0 Å². The molecule has 96 valence electrons. The van der Waals surface area contributed by atoms with Crippen molar-refractivity contribution in [3.8, 4) is 22.8 Å². The lowest BCUT2D eigenvalue weighted by atomic mass is 10.1. The lowest BCUT2D eigenvalue weighted by Crippen LogP contribution is -1.97. The fourth-order valence-electron chi connectivity index (χ4n) is 1.80. The van der Waals surface area contributed by atoms with Gasteiger partial charge in [0.15, 0.2) is 0 Å². The van der Waals surface area contributed by atoms with Gasteiger partial charge in [-0.15, -0.1) is 5.10 Å². The predicted molar refractivity (Wildman–Crippen MR) is 65.5 cm³/mol. The first-order valence-corrected chi connectivity index (χ1v) is 5.42. The van der Waals surface area contributed by atoms with Gasteiger partial charge < -0.3 is 14.6 Å². The maximum Gasteiger partial charge on any atom is 0.123 e. The molecule has 0 saturated carbocycles. The molecule has 0 spiro atoms. The fourth-order valence-corrected chi connectivity index (χ4v) is 1.80. The first kappa shape index (κ1) is 12.4. The molecule has 0 unspecified atom stereocenters. The summed E-state index contributed by atoms with van der Waals surface area (Å²) in [6.45, 7) is -0.164. The van der Waals surface area contributed by atoms with Crippen LogP contribution in [0.15, 0.2) is 18.2 Å². The molecule has 0 aliphatic heterocycles. The average Bonchev–Trinajstić information content (AvgIpc) is 2.79. The second kappa shape index (κ2) is 5.05. The van der Waals surface area contributed by atoms with Crippen molar-refractivity contribution in [1.82, 2.24) is 15.0 Å². The Balaban J connectivity index is 2.58. The molecule has 0 fully saturated rings. The molecule has 2 aromatic rings. The summed E-state index contributed by atoms with van der Waals surface area (Å²) >= 11 is 0. The van der Waals surface area contributed by atoms with E-state index in [-0.39, 0.29) is 6.61 Å². The van der Waals surface area contributed by atoms with Crippen molar-refractivity contribution in [2.75, 3.05) is 14.2 Å². The molecule has 18 heavy (non-hydrogen) atoms. The monoisotopic (exact) mass is 249 g/mol. The smallest absolute Gasteiger partial charge is 0.123 e. The fraction of sp³-hybridized carbons (Fsp3) is 0.333. The molecule has 1 N–H and O–H groups in total. The van der Waals surface area contributed by atoms with Crippen LogP contribution in [0.3, 0.4) is 0 Å². The molecule has 6 heteroatoms. The van der Waals surface area contributed by atoms with Crippen molar-refractivity contribution in [3.63, 3.8) is 0 Å². The molecule has 0 amide bonds. The number of aromatic nitrogens is 3. The van der Waals surface area contributed by atoms with E-state index in [0.717, 1.165) is 11.3 Å². The molecule has 1 aromatic carbocycles. The molecule has 0 atom stereocenters. The van der Waals surface area contributed by atoms with Gasteiger partial charge in [0, 0.05) is 18.7 Å². The quantitative estimate of drug-likeness (QED) is 0.875. The maximum absolute atomic E-state index is 9.27. The van der Waals surface area contributed by atoms with Gasteiger partial charge in [-0.3, -0.25) is 0 Å². The zero-order valence-corrected chi connectivity index (χ0v) is 10.5. The normalized spacial score (nSPS) is 10.4. The topological polar surface area (TPSA) is 69.4 Å². The highest BCUT2D eigenvalue weighted by atomic mass is 16.5. The third-order valence-corrected chi connectivity index (χ3v) is 2.67. The van der Waals surface area contributed by atoms with Gasteiger partial charge in [0.1, 0.15) is 17.2 Å². The van der Waals surface area contributed by atoms with Crippen LogP contribution in [0.1, 0.15) is 5.69 Å². The van der Waals surface area contributed by atoms with Gasteiger partial charge in [-0.1, -0.05) is 5.21 Å². The van der Waals surface area contributed by atoms with Crippen LogP contribution in [0.25, 0.3) is 11.3 Å². The van der Waals surface area contributed by atoms with Crippen LogP contribution in [-0.4, -0.2) is 34.3 Å². The van der Waals surface area contributed by atoms with E-state index < -0.39 is 0 Å². The van der Waals surface area contributed by atoms with Gasteiger partial charge in [0.25, 0.3) is 0 Å². The Morgan fingerprint density at radius 2 is 1.78 bits per heavy atom. The molecular weight excluding hydrogens is 234 g/mol. The van der Waals surface area contributed by atoms with Gasteiger partial charge in [-0.2, -0.15) is 0 Å². The van der Waals surface area contributed by atoms with Crippen LogP contribution in [0.2, 0.25) is 0 Å². The standard InChI is InChI=1S/C12H15N3O3/c1-15-12(11(7-16)13-14-15)8-4-9(17-2)6-10(5-8)18-3/h4-6,16H,7H2,1-3H3. The van der Waals surface area contributed by atoms with Crippen LogP contribution in [-0.2, 0) is 13.7 Å². The van der Waals surface area contributed by atoms with Crippen molar-refractivity contribution in [2.24, 2.45) is 7.05 Å². The molecule has 0 aliphatic carbocycles. The van der Waals surface area contributed by atoms with E-state index in [4.69, 9.17) is 9.47 Å². The van der Waals surface area contributed by atoms with Gasteiger partial charge in [-0.25, -0.2) is 4.68 Å². The van der Waals surface area contributed by atoms with Crippen molar-refractivity contribution >= 4 is 0 Å². The summed E-state index contributed by atoms with van der Waals surface area (Å²) in [5, 5.41) is 17.1. The first-order chi connectivity index (χ1) is 8.69. The second-order valence-electron chi connectivity index (χ2n) is 3.77. The molecule has 6 nitrogen and oxygen atoms in total. The molecule has 0 bridgehead atoms. The van der Waals surface area contributed by atoms with E-state index in [1.807, 2.05) is 12.1 Å². The summed E-state index contributed by atoms with van der Waals surface area (Å²) < 4.78 is 12.0. The number of aryl methyl sites for hydroxylation is 1. The lowest BCUT2D eigenvalue weighted by molar-refractivity contribution is 0.277. The molecule has 1 heterocycles. The Labute approximate surface area is 105 Å². The van der Waals surface area contributed by atoms with Crippen LogP contribution >= 0.6 is 0 Å². The molecule has 1 aromatic heterocycles. The van der Waals surface area contributed by atoms with Gasteiger partial charge in [-0.05, 0) is 12.1 Å². The Kier molecular flexibility index (Phi) is 3.47. The lowest BCUT2D eigenvalue weighted by Gasteiger charge is -2.09. The SMILES string of the molecule is COc1cc(OC)cc(-c2c(CO)nnn2C)c1. The van der Waals surface area contributed by atoms with Crippen molar-refractivity contribution < 1.29 is 14.6 Å². The molecule has 2 rings (SSSR count). The zero-order chi connectivity index (χ0) is 13.1. The summed E-state index contributed by atoms with van der Waals surface area (Å²) in [7, 11) is 4.95. The molecule has 0 radical (unpaired) electrons. The van der Waals surface area contributed by atoms with Gasteiger partial charge in [0.2, 0.25) is 0 Å². The van der Waals surface area contributed by atoms with E-state index >= 15 is 0 Å². The van der Waals surface area contributed by atoms with Crippen molar-refractivity contribution in [1.29, 1.82) is 0 Å². The Morgan fingerprint density at radius 1 is 1.17 bits per heavy atom. The molecule has 0 aliphatic rings. The average molecular weight is 249 g/mol. The molecular formula is C12H15N3O3. The minimum atomic E-state index is -0.164. The van der Waals surface area contributed by atoms with Crippen molar-refractivity contribution in [2.45, 2.75) is 6.61 Å². The largest absolute Gasteiger partial charge is 0.497 e. The van der Waals surface area contributed by atoms with E-state index in [9.17, 15) is 5.11 Å². The number of nitrogens with zero attached hydrogens (tertiary/aromatic N) is 3. The maximum atomic E-state index is 9.27. The Bertz CT molecular complexity index is 529. The summed E-state index contributed by atoms with van der Waals surface area (Å²) in [4.78, 5) is 0. The zero-order valence-electron chi connectivity index (χ0n) is 10.5. The highest BCUT2D eigenvalue weighted by molar-refractivity contribution is 5.66. The highest BCUT2D eigenvalue weighted by Gasteiger charge is 2.14. The third kappa shape index (κ3) is 2.14. The summed E-state index contributed by atoms with van der Waals surface area (Å²) in [6, 6.07) is 5.48. The highest BCUT2D eigenvalue weighted by Crippen LogP contribution is 2.30. The van der Waals surface area contributed by atoms with E-state index in [1.165, 1.54) is 0 Å². The van der Waals surface area contributed by atoms with E-state index in [1.54, 1.807) is 32.0 Å². The summed E-state index contributed by atoms with van der Waals surface area (Å²) in [5.41, 5.74) is 2.10. The second-order valence-corrected chi connectivity index (χ2v) is 3.77. The minimum Gasteiger partial charge on any atom is -0.497 e. The van der Waals surface area contributed by atoms with Gasteiger partial charge in [0.05, 0.1) is 26.5 Å². The van der Waals surface area contributed by atoms with Crippen LogP contribution < -0.4 is 9.47 Å². The third-order valence-electron chi connectivity index (χ3n) is 2.67. The number of ether oxygens (including phenoxy) is 2. The number of benzene rings is 1. The summed E-state index contributed by atoms with van der Waals surface area (Å²) in [5.74, 6) is 1.35. The van der Waals surface area contributed by atoms with E-state index in [2.05, 4.69) is 10.3 Å². The van der Waals surface area contributed by atoms with Gasteiger partial charge >= 0.3 is 0 Å². The van der Waals surface area contributed by atoms with E-state index in [0.29, 0.717) is 17.2 Å². The Morgan fingerprint density at radius 3 is 2.28 bits per heavy atom. The number of aliphatic hydroxyl groups excluding tert-OH is 1. The number of aliphatic hydroxyl groups is 1.